The molecule has 0 aliphatic carbocycles. The summed E-state index contributed by atoms with van der Waals surface area (Å²) in [5.74, 6) is -1.34. The molecule has 8 heteroatoms. The average Bonchev–Trinajstić information content (AvgIpc) is 2.75. The monoisotopic (exact) mass is 380 g/mol. The van der Waals surface area contributed by atoms with Crippen LogP contribution in [0.4, 0.5) is 13.3 Å². The Labute approximate surface area is 157 Å². The molecule has 3 aromatic heterocycles. The lowest BCUT2D eigenvalue weighted by Gasteiger charge is -2.09. The van der Waals surface area contributed by atoms with Gasteiger partial charge >= 0.3 is 0 Å². The van der Waals surface area contributed by atoms with Crippen molar-refractivity contribution >= 4 is 0 Å². The van der Waals surface area contributed by atoms with Crippen molar-refractivity contribution < 1.29 is 18.2 Å². The van der Waals surface area contributed by atoms with Crippen LogP contribution in [0.3, 0.4) is 0 Å². The number of halogens is 3. The van der Waals surface area contributed by atoms with Crippen molar-refractivity contribution in [1.29, 1.82) is 0 Å². The van der Waals surface area contributed by atoms with E-state index in [1.54, 1.807) is 6.07 Å². The summed E-state index contributed by atoms with van der Waals surface area (Å²) >= 11 is 0. The van der Waals surface area contributed by atoms with Gasteiger partial charge in [0, 0.05) is 28.0 Å². The first kappa shape index (κ1) is 17.6. The van der Waals surface area contributed by atoms with Crippen LogP contribution in [0, 0.1) is 11.6 Å². The van der Waals surface area contributed by atoms with Crippen molar-refractivity contribution in [2.24, 2.45) is 0 Å². The Kier molecular flexibility index (Phi) is 4.67. The predicted octanol–water partition coefficient (Wildman–Crippen LogP) is 4.81. The highest BCUT2D eigenvalue weighted by molar-refractivity contribution is 5.75. The van der Waals surface area contributed by atoms with Gasteiger partial charge < -0.3 is 0 Å². The molecule has 0 saturated carbocycles. The highest BCUT2D eigenvalue weighted by atomic mass is 19.3. The quantitative estimate of drug-likeness (QED) is 0.509. The van der Waals surface area contributed by atoms with Crippen LogP contribution in [0.1, 0.15) is 0 Å². The number of benzene rings is 1. The minimum absolute atomic E-state index is 0.0191. The maximum Gasteiger partial charge on any atom is 0.199 e. The highest BCUT2D eigenvalue weighted by Gasteiger charge is 2.15. The Hall–Kier alpha value is -3.81. The van der Waals surface area contributed by atoms with E-state index in [1.807, 2.05) is 0 Å². The second-order valence-electron chi connectivity index (χ2n) is 5.81. The van der Waals surface area contributed by atoms with Crippen molar-refractivity contribution in [3.05, 3.63) is 78.9 Å². The first-order valence-corrected chi connectivity index (χ1v) is 8.14. The zero-order valence-corrected chi connectivity index (χ0v) is 14.2. The van der Waals surface area contributed by atoms with Gasteiger partial charge in [0.05, 0.1) is 23.7 Å². The van der Waals surface area contributed by atoms with Crippen LogP contribution in [-0.2, 0) is 0 Å². The first-order chi connectivity index (χ1) is 13.7. The van der Waals surface area contributed by atoms with Crippen LogP contribution in [0.2, 0.25) is 0 Å². The van der Waals surface area contributed by atoms with Crippen molar-refractivity contribution in [2.45, 2.75) is 0 Å². The minimum Gasteiger partial charge on any atom is -0.292 e. The summed E-state index contributed by atoms with van der Waals surface area (Å²) < 4.78 is 41.1. The first-order valence-electron chi connectivity index (χ1n) is 8.14. The third-order valence-electron chi connectivity index (χ3n) is 4.11. The fraction of sp³-hybridized carbons (Fsp3) is 0. The minimum atomic E-state index is -0.631. The SMILES string of the molecule is FOc1cnccc1-c1cc(-c2ccc(F)c(-c3ncccc3F)c2)cnn1. The van der Waals surface area contributed by atoms with E-state index in [0.29, 0.717) is 22.4 Å². The Morgan fingerprint density at radius 3 is 2.54 bits per heavy atom. The molecule has 1 aromatic carbocycles. The van der Waals surface area contributed by atoms with E-state index < -0.39 is 11.6 Å². The molecule has 0 unspecified atom stereocenters. The smallest absolute Gasteiger partial charge is 0.199 e. The molecule has 3 heterocycles. The Morgan fingerprint density at radius 1 is 0.821 bits per heavy atom. The van der Waals surface area contributed by atoms with Crippen molar-refractivity contribution in [2.75, 3.05) is 0 Å². The molecule has 138 valence electrons. The third-order valence-corrected chi connectivity index (χ3v) is 4.11. The molecule has 28 heavy (non-hydrogen) atoms. The van der Waals surface area contributed by atoms with E-state index in [1.165, 1.54) is 61.2 Å². The third kappa shape index (κ3) is 3.27. The molecule has 0 aliphatic rings. The summed E-state index contributed by atoms with van der Waals surface area (Å²) in [5.41, 5.74) is 1.75. The lowest BCUT2D eigenvalue weighted by Crippen LogP contribution is -1.94. The molecular weight excluding hydrogens is 369 g/mol. The summed E-state index contributed by atoms with van der Waals surface area (Å²) in [5, 5.41) is 7.91. The van der Waals surface area contributed by atoms with Gasteiger partial charge in [0.1, 0.15) is 17.3 Å². The highest BCUT2D eigenvalue weighted by Crippen LogP contribution is 2.32. The maximum atomic E-state index is 14.3. The molecule has 0 N–H and O–H groups in total. The van der Waals surface area contributed by atoms with E-state index in [2.05, 4.69) is 25.1 Å². The van der Waals surface area contributed by atoms with E-state index >= 15 is 0 Å². The van der Waals surface area contributed by atoms with Crippen LogP contribution in [0.25, 0.3) is 33.6 Å². The lowest BCUT2D eigenvalue weighted by atomic mass is 10.0. The van der Waals surface area contributed by atoms with Gasteiger partial charge in [-0.1, -0.05) is 6.07 Å². The van der Waals surface area contributed by atoms with E-state index in [-0.39, 0.29) is 17.0 Å². The number of pyridine rings is 2. The van der Waals surface area contributed by atoms with E-state index in [4.69, 9.17) is 0 Å². The van der Waals surface area contributed by atoms with Crippen LogP contribution >= 0.6 is 0 Å². The molecule has 0 atom stereocenters. The Morgan fingerprint density at radius 2 is 1.71 bits per heavy atom. The zero-order valence-electron chi connectivity index (χ0n) is 14.2. The molecule has 0 saturated heterocycles. The van der Waals surface area contributed by atoms with Crippen molar-refractivity contribution in [3.63, 3.8) is 0 Å². The molecule has 0 radical (unpaired) electrons. The van der Waals surface area contributed by atoms with Crippen LogP contribution in [0.15, 0.2) is 67.3 Å². The summed E-state index contributed by atoms with van der Waals surface area (Å²) in [7, 11) is 0. The summed E-state index contributed by atoms with van der Waals surface area (Å²) in [4.78, 5) is 11.5. The molecule has 5 nitrogen and oxygen atoms in total. The van der Waals surface area contributed by atoms with Crippen molar-refractivity contribution in [3.8, 4) is 39.4 Å². The molecule has 0 fully saturated rings. The molecule has 4 aromatic rings. The molecular formula is C20H11F3N4O. The molecule has 0 amide bonds. The zero-order chi connectivity index (χ0) is 19.5. The summed E-state index contributed by atoms with van der Waals surface area (Å²) in [6, 6.07) is 10.0. The van der Waals surface area contributed by atoms with Gasteiger partial charge in [-0.25, -0.2) is 8.78 Å². The normalized spacial score (nSPS) is 10.7. The van der Waals surface area contributed by atoms with E-state index in [0.717, 1.165) is 0 Å². The number of hydrogen-bond acceptors (Lipinski definition) is 5. The molecule has 0 aliphatic heterocycles. The standard InChI is InChI=1S/C20H11F3N4O/c21-16-4-3-12(8-15(16)20-17(22)2-1-6-25-20)13-9-18(27-26-10-13)14-5-7-24-11-19(14)28-23/h1-11H. The van der Waals surface area contributed by atoms with Gasteiger partial charge in [0.25, 0.3) is 0 Å². The number of rotatable bonds is 4. The fourth-order valence-corrected chi connectivity index (χ4v) is 2.78. The van der Waals surface area contributed by atoms with Crippen LogP contribution in [0.5, 0.6) is 5.75 Å². The Bertz CT molecular complexity index is 1150. The van der Waals surface area contributed by atoms with Gasteiger partial charge in [-0.05, 0) is 42.0 Å². The van der Waals surface area contributed by atoms with Gasteiger partial charge in [0.2, 0.25) is 0 Å². The van der Waals surface area contributed by atoms with Crippen LogP contribution < -0.4 is 4.94 Å². The lowest BCUT2D eigenvalue weighted by molar-refractivity contribution is -0.00591. The van der Waals surface area contributed by atoms with Gasteiger partial charge in [-0.15, -0.1) is 0 Å². The largest absolute Gasteiger partial charge is 0.292 e. The fourth-order valence-electron chi connectivity index (χ4n) is 2.78. The summed E-state index contributed by atoms with van der Waals surface area (Å²) in [6.07, 6.45) is 5.53. The second-order valence-corrected chi connectivity index (χ2v) is 5.81. The number of nitrogens with zero attached hydrogens (tertiary/aromatic N) is 4. The maximum absolute atomic E-state index is 14.3. The second kappa shape index (κ2) is 7.43. The van der Waals surface area contributed by atoms with E-state index in [9.17, 15) is 13.3 Å². The number of hydrogen-bond donors (Lipinski definition) is 0. The van der Waals surface area contributed by atoms with Gasteiger partial charge in [-0.2, -0.15) is 10.2 Å². The molecule has 4 rings (SSSR count). The van der Waals surface area contributed by atoms with Crippen LogP contribution in [-0.4, -0.2) is 20.2 Å². The topological polar surface area (TPSA) is 60.8 Å². The number of aromatic nitrogens is 4. The van der Waals surface area contributed by atoms with Gasteiger partial charge in [0.15, 0.2) is 5.75 Å². The molecule has 0 bridgehead atoms. The Balaban J connectivity index is 1.81. The van der Waals surface area contributed by atoms with Gasteiger partial charge in [-0.3, -0.25) is 14.9 Å². The predicted molar refractivity (Wildman–Crippen MR) is 95.6 cm³/mol. The summed E-state index contributed by atoms with van der Waals surface area (Å²) in [6.45, 7) is 0. The molecule has 0 spiro atoms. The van der Waals surface area contributed by atoms with Crippen molar-refractivity contribution in [1.82, 2.24) is 20.2 Å². The average molecular weight is 380 g/mol.